The fourth-order valence-corrected chi connectivity index (χ4v) is 3.71. The Hall–Kier alpha value is -0.870. The molecule has 1 fully saturated rings. The largest absolute Gasteiger partial charge is 0.478 e. The molecule has 1 atom stereocenters. The minimum atomic E-state index is -0.934. The third-order valence-electron chi connectivity index (χ3n) is 3.79. The number of thiophene rings is 1. The SMILES string of the molecule is O=C(O)c1ccsc1C(O)C1CCCCCCC1. The minimum absolute atomic E-state index is 0.224. The molecule has 0 saturated heterocycles. The van der Waals surface area contributed by atoms with Crippen molar-refractivity contribution in [3.8, 4) is 0 Å². The zero-order valence-electron chi connectivity index (χ0n) is 10.5. The summed E-state index contributed by atoms with van der Waals surface area (Å²) in [7, 11) is 0. The van der Waals surface area contributed by atoms with Crippen LogP contribution in [0.3, 0.4) is 0 Å². The quantitative estimate of drug-likeness (QED) is 0.875. The highest BCUT2D eigenvalue weighted by Crippen LogP contribution is 2.36. The van der Waals surface area contributed by atoms with E-state index in [1.807, 2.05) is 0 Å². The summed E-state index contributed by atoms with van der Waals surface area (Å²) >= 11 is 1.36. The van der Waals surface area contributed by atoms with Gasteiger partial charge in [-0.05, 0) is 30.2 Å². The van der Waals surface area contributed by atoms with E-state index in [2.05, 4.69) is 0 Å². The number of carboxylic acids is 1. The summed E-state index contributed by atoms with van der Waals surface area (Å²) in [5.41, 5.74) is 0.273. The second kappa shape index (κ2) is 6.34. The van der Waals surface area contributed by atoms with E-state index in [0.717, 1.165) is 25.7 Å². The van der Waals surface area contributed by atoms with Gasteiger partial charge in [0.15, 0.2) is 0 Å². The Kier molecular flexibility index (Phi) is 4.78. The van der Waals surface area contributed by atoms with Crippen LogP contribution in [0.2, 0.25) is 0 Å². The van der Waals surface area contributed by atoms with Crippen molar-refractivity contribution in [3.63, 3.8) is 0 Å². The maximum absolute atomic E-state index is 11.1. The van der Waals surface area contributed by atoms with Gasteiger partial charge < -0.3 is 10.2 Å². The molecule has 1 heterocycles. The molecule has 1 unspecified atom stereocenters. The van der Waals surface area contributed by atoms with Gasteiger partial charge in [-0.3, -0.25) is 0 Å². The van der Waals surface area contributed by atoms with E-state index in [9.17, 15) is 9.90 Å². The van der Waals surface area contributed by atoms with Gasteiger partial charge in [0.05, 0.1) is 11.7 Å². The van der Waals surface area contributed by atoms with E-state index >= 15 is 0 Å². The highest BCUT2D eigenvalue weighted by atomic mass is 32.1. The fourth-order valence-electron chi connectivity index (χ4n) is 2.74. The van der Waals surface area contributed by atoms with Crippen LogP contribution in [0.25, 0.3) is 0 Å². The van der Waals surface area contributed by atoms with Crippen molar-refractivity contribution in [1.82, 2.24) is 0 Å². The first kappa shape index (κ1) is 13.6. The molecule has 4 heteroatoms. The first-order chi connectivity index (χ1) is 8.70. The topological polar surface area (TPSA) is 57.5 Å². The number of hydrogen-bond acceptors (Lipinski definition) is 3. The van der Waals surface area contributed by atoms with Crippen LogP contribution >= 0.6 is 11.3 Å². The van der Waals surface area contributed by atoms with Gasteiger partial charge in [-0.25, -0.2) is 4.79 Å². The van der Waals surface area contributed by atoms with Crippen LogP contribution < -0.4 is 0 Å². The molecule has 1 saturated carbocycles. The molecule has 0 bridgehead atoms. The molecule has 0 radical (unpaired) electrons. The summed E-state index contributed by atoms with van der Waals surface area (Å²) in [6.07, 6.45) is 7.48. The molecule has 0 amide bonds. The molecule has 1 aliphatic rings. The third-order valence-corrected chi connectivity index (χ3v) is 4.78. The number of aliphatic hydroxyl groups excluding tert-OH is 1. The summed E-state index contributed by atoms with van der Waals surface area (Å²) in [4.78, 5) is 11.7. The van der Waals surface area contributed by atoms with E-state index in [-0.39, 0.29) is 11.5 Å². The molecular weight excluding hydrogens is 248 g/mol. The molecule has 3 nitrogen and oxygen atoms in total. The minimum Gasteiger partial charge on any atom is -0.478 e. The first-order valence-electron chi connectivity index (χ1n) is 6.69. The Labute approximate surface area is 111 Å². The number of carboxylic acid groups (broad SMARTS) is 1. The Balaban J connectivity index is 2.10. The predicted molar refractivity (Wildman–Crippen MR) is 72.0 cm³/mol. The van der Waals surface area contributed by atoms with Crippen molar-refractivity contribution >= 4 is 17.3 Å². The highest BCUT2D eigenvalue weighted by molar-refractivity contribution is 7.10. The van der Waals surface area contributed by atoms with Gasteiger partial charge in [0.1, 0.15) is 0 Å². The molecule has 18 heavy (non-hydrogen) atoms. The van der Waals surface area contributed by atoms with Crippen LogP contribution in [0.4, 0.5) is 0 Å². The standard InChI is InChI=1S/C14H20O3S/c15-12(10-6-4-2-1-3-5-7-10)13-11(14(16)17)8-9-18-13/h8-10,12,15H,1-7H2,(H,16,17). The smallest absolute Gasteiger partial charge is 0.336 e. The van der Waals surface area contributed by atoms with Crippen LogP contribution in [0.1, 0.15) is 66.3 Å². The zero-order chi connectivity index (χ0) is 13.0. The number of aromatic carboxylic acids is 1. The molecule has 1 aromatic heterocycles. The molecule has 100 valence electrons. The summed E-state index contributed by atoms with van der Waals surface area (Å²) in [5.74, 6) is -0.710. The van der Waals surface area contributed by atoms with Crippen LogP contribution in [0, 0.1) is 5.92 Å². The average Bonchev–Trinajstić information content (AvgIpc) is 2.76. The van der Waals surface area contributed by atoms with Crippen LogP contribution in [0.15, 0.2) is 11.4 Å². The second-order valence-electron chi connectivity index (χ2n) is 5.05. The van der Waals surface area contributed by atoms with Crippen LogP contribution in [-0.4, -0.2) is 16.2 Å². The first-order valence-corrected chi connectivity index (χ1v) is 7.57. The van der Waals surface area contributed by atoms with Crippen molar-refractivity contribution in [1.29, 1.82) is 0 Å². The van der Waals surface area contributed by atoms with Crippen molar-refractivity contribution in [2.75, 3.05) is 0 Å². The van der Waals surface area contributed by atoms with Crippen LogP contribution in [-0.2, 0) is 0 Å². The van der Waals surface area contributed by atoms with Gasteiger partial charge in [-0.2, -0.15) is 0 Å². The average molecular weight is 268 g/mol. The summed E-state index contributed by atoms with van der Waals surface area (Å²) in [5, 5.41) is 21.3. The molecule has 1 aromatic rings. The van der Waals surface area contributed by atoms with E-state index in [4.69, 9.17) is 5.11 Å². The van der Waals surface area contributed by atoms with E-state index in [0.29, 0.717) is 4.88 Å². The predicted octanol–water partition coefficient (Wildman–Crippen LogP) is 3.84. The summed E-state index contributed by atoms with van der Waals surface area (Å²) in [6.45, 7) is 0. The van der Waals surface area contributed by atoms with Crippen LogP contribution in [0.5, 0.6) is 0 Å². The summed E-state index contributed by atoms with van der Waals surface area (Å²) in [6, 6.07) is 1.59. The van der Waals surface area contributed by atoms with Crippen molar-refractivity contribution in [3.05, 3.63) is 21.9 Å². The summed E-state index contributed by atoms with van der Waals surface area (Å²) < 4.78 is 0. The number of hydrogen-bond donors (Lipinski definition) is 2. The lowest BCUT2D eigenvalue weighted by molar-refractivity contribution is 0.0672. The molecular formula is C14H20O3S. The zero-order valence-corrected chi connectivity index (χ0v) is 11.3. The molecule has 0 spiro atoms. The Bertz CT molecular complexity index is 391. The van der Waals surface area contributed by atoms with Gasteiger partial charge in [-0.15, -0.1) is 11.3 Å². The molecule has 2 N–H and O–H groups in total. The van der Waals surface area contributed by atoms with Gasteiger partial charge in [0.25, 0.3) is 0 Å². The van der Waals surface area contributed by atoms with Crippen molar-refractivity contribution < 1.29 is 15.0 Å². The molecule has 0 aliphatic heterocycles. The monoisotopic (exact) mass is 268 g/mol. The highest BCUT2D eigenvalue weighted by Gasteiger charge is 2.26. The third kappa shape index (κ3) is 3.12. The van der Waals surface area contributed by atoms with E-state index in [1.165, 1.54) is 30.6 Å². The van der Waals surface area contributed by atoms with Crippen molar-refractivity contribution in [2.45, 2.75) is 51.0 Å². The Morgan fingerprint density at radius 2 is 1.83 bits per heavy atom. The number of carbonyl (C=O) groups is 1. The second-order valence-corrected chi connectivity index (χ2v) is 6.00. The maximum atomic E-state index is 11.1. The molecule has 1 aliphatic carbocycles. The Morgan fingerprint density at radius 1 is 1.22 bits per heavy atom. The number of rotatable bonds is 3. The fraction of sp³-hybridized carbons (Fsp3) is 0.643. The molecule has 0 aromatic carbocycles. The number of aliphatic hydroxyl groups is 1. The normalized spacial score (nSPS) is 20.1. The maximum Gasteiger partial charge on any atom is 0.336 e. The van der Waals surface area contributed by atoms with Gasteiger partial charge in [0.2, 0.25) is 0 Å². The van der Waals surface area contributed by atoms with Gasteiger partial charge in [-0.1, -0.05) is 32.1 Å². The van der Waals surface area contributed by atoms with Gasteiger partial charge >= 0.3 is 5.97 Å². The van der Waals surface area contributed by atoms with E-state index < -0.39 is 12.1 Å². The lowest BCUT2D eigenvalue weighted by atomic mass is 9.86. The lowest BCUT2D eigenvalue weighted by Gasteiger charge is -2.24. The van der Waals surface area contributed by atoms with E-state index in [1.54, 1.807) is 11.4 Å². The van der Waals surface area contributed by atoms with Gasteiger partial charge in [0, 0.05) is 4.88 Å². The lowest BCUT2D eigenvalue weighted by Crippen LogP contribution is -2.15. The van der Waals surface area contributed by atoms with Crippen molar-refractivity contribution in [2.24, 2.45) is 5.92 Å². The molecule has 2 rings (SSSR count). The Morgan fingerprint density at radius 3 is 2.44 bits per heavy atom.